The van der Waals surface area contributed by atoms with Gasteiger partial charge in [0.05, 0.1) is 17.9 Å². The van der Waals surface area contributed by atoms with Gasteiger partial charge in [-0.15, -0.1) is 0 Å². The summed E-state index contributed by atoms with van der Waals surface area (Å²) in [5.74, 6) is -0.443. The number of benzene rings is 1. The van der Waals surface area contributed by atoms with Crippen molar-refractivity contribution < 1.29 is 17.9 Å². The third kappa shape index (κ3) is 4.81. The lowest BCUT2D eigenvalue weighted by Crippen LogP contribution is -2.27. The summed E-state index contributed by atoms with van der Waals surface area (Å²) in [6.45, 7) is 1.95. The molecule has 0 aliphatic carbocycles. The number of anilines is 1. The number of rotatable bonds is 6. The lowest BCUT2D eigenvalue weighted by atomic mass is 10.3. The van der Waals surface area contributed by atoms with Crippen LogP contribution in [0, 0.1) is 0 Å². The van der Waals surface area contributed by atoms with Crippen molar-refractivity contribution in [3.63, 3.8) is 0 Å². The Hall–Kier alpha value is -1.12. The molecule has 0 saturated carbocycles. The van der Waals surface area contributed by atoms with E-state index in [2.05, 4.69) is 20.7 Å². The second kappa shape index (κ2) is 6.88. The van der Waals surface area contributed by atoms with Gasteiger partial charge in [-0.1, -0.05) is 0 Å². The average Bonchev–Trinajstić information content (AvgIpc) is 2.28. The van der Waals surface area contributed by atoms with Gasteiger partial charge in [0.1, 0.15) is 0 Å². The highest BCUT2D eigenvalue weighted by Gasteiger charge is 2.17. The Morgan fingerprint density at radius 3 is 2.74 bits per heavy atom. The van der Waals surface area contributed by atoms with E-state index in [0.29, 0.717) is 10.2 Å². The van der Waals surface area contributed by atoms with Crippen LogP contribution in [0.15, 0.2) is 27.6 Å². The number of hydrogen-bond acceptors (Lipinski definition) is 5. The van der Waals surface area contributed by atoms with Crippen LogP contribution in [0.2, 0.25) is 0 Å². The monoisotopic (exact) mass is 350 g/mol. The first-order valence-corrected chi connectivity index (χ1v) is 7.84. The van der Waals surface area contributed by atoms with Gasteiger partial charge in [-0.3, -0.25) is 4.79 Å². The zero-order valence-corrected chi connectivity index (χ0v) is 12.8. The Kier molecular flexibility index (Phi) is 5.77. The predicted octanol–water partition coefficient (Wildman–Crippen LogP) is 1.26. The molecule has 0 aliphatic heterocycles. The van der Waals surface area contributed by atoms with Gasteiger partial charge in [-0.25, -0.2) is 13.1 Å². The second-order valence-corrected chi connectivity index (χ2v) is 6.23. The fourth-order valence-electron chi connectivity index (χ4n) is 1.33. The van der Waals surface area contributed by atoms with E-state index in [1.165, 1.54) is 18.2 Å². The number of carbonyl (C=O) groups is 1. The molecule has 19 heavy (non-hydrogen) atoms. The summed E-state index contributed by atoms with van der Waals surface area (Å²) in [6.07, 6.45) is -0.0142. The first-order chi connectivity index (χ1) is 8.86. The van der Waals surface area contributed by atoms with Gasteiger partial charge in [0, 0.05) is 16.7 Å². The smallest absolute Gasteiger partial charge is 0.307 e. The van der Waals surface area contributed by atoms with Crippen LogP contribution in [0.25, 0.3) is 0 Å². The third-order valence-electron chi connectivity index (χ3n) is 2.17. The molecular formula is C11H15BrN2O4S. The van der Waals surface area contributed by atoms with Crippen LogP contribution in [-0.4, -0.2) is 27.5 Å². The minimum atomic E-state index is -3.68. The van der Waals surface area contributed by atoms with E-state index in [-0.39, 0.29) is 24.5 Å². The van der Waals surface area contributed by atoms with Gasteiger partial charge >= 0.3 is 5.97 Å². The van der Waals surface area contributed by atoms with E-state index in [0.717, 1.165) is 0 Å². The van der Waals surface area contributed by atoms with Crippen molar-refractivity contribution in [3.8, 4) is 0 Å². The molecule has 0 saturated heterocycles. The second-order valence-electron chi connectivity index (χ2n) is 3.64. The van der Waals surface area contributed by atoms with E-state index in [1.54, 1.807) is 6.92 Å². The molecule has 0 atom stereocenters. The van der Waals surface area contributed by atoms with Crippen molar-refractivity contribution in [1.29, 1.82) is 0 Å². The fraction of sp³-hybridized carbons (Fsp3) is 0.364. The number of nitrogens with two attached hydrogens (primary N) is 1. The number of esters is 1. The minimum absolute atomic E-state index is 0.0142. The van der Waals surface area contributed by atoms with E-state index in [4.69, 9.17) is 10.5 Å². The summed E-state index contributed by atoms with van der Waals surface area (Å²) in [5.41, 5.74) is 5.99. The normalized spacial score (nSPS) is 11.3. The topological polar surface area (TPSA) is 98.5 Å². The molecule has 0 spiro atoms. The molecule has 8 heteroatoms. The molecule has 0 bridgehead atoms. The molecule has 6 nitrogen and oxygen atoms in total. The zero-order valence-electron chi connectivity index (χ0n) is 10.3. The van der Waals surface area contributed by atoms with Gasteiger partial charge in [0.15, 0.2) is 0 Å². The van der Waals surface area contributed by atoms with E-state index in [1.807, 2.05) is 0 Å². The van der Waals surface area contributed by atoms with Gasteiger partial charge in [-0.2, -0.15) is 0 Å². The molecule has 0 unspecified atom stereocenters. The van der Waals surface area contributed by atoms with E-state index in [9.17, 15) is 13.2 Å². The summed E-state index contributed by atoms with van der Waals surface area (Å²) in [6, 6.07) is 4.39. The Labute approximate surface area is 120 Å². The maximum atomic E-state index is 12.0. The average molecular weight is 351 g/mol. The number of nitrogen functional groups attached to an aromatic ring is 1. The summed E-state index contributed by atoms with van der Waals surface area (Å²) in [4.78, 5) is 11.2. The summed E-state index contributed by atoms with van der Waals surface area (Å²) in [5, 5.41) is 0. The van der Waals surface area contributed by atoms with Crippen LogP contribution in [0.1, 0.15) is 13.3 Å². The van der Waals surface area contributed by atoms with Crippen molar-refractivity contribution in [2.24, 2.45) is 0 Å². The summed E-state index contributed by atoms with van der Waals surface area (Å²) >= 11 is 3.14. The fourth-order valence-corrected chi connectivity index (χ4v) is 3.46. The Balaban J connectivity index is 2.68. The maximum absolute atomic E-state index is 12.0. The number of halogens is 1. The predicted molar refractivity (Wildman–Crippen MR) is 75.0 cm³/mol. The first-order valence-electron chi connectivity index (χ1n) is 5.57. The lowest BCUT2D eigenvalue weighted by molar-refractivity contribution is -0.142. The molecule has 0 heterocycles. The van der Waals surface area contributed by atoms with Gasteiger partial charge in [0.25, 0.3) is 0 Å². The van der Waals surface area contributed by atoms with Crippen molar-refractivity contribution in [2.45, 2.75) is 18.2 Å². The molecule has 0 radical (unpaired) electrons. The van der Waals surface area contributed by atoms with Crippen LogP contribution >= 0.6 is 15.9 Å². The number of sulfonamides is 1. The molecule has 0 fully saturated rings. The van der Waals surface area contributed by atoms with Crippen LogP contribution in [0.3, 0.4) is 0 Å². The zero-order chi connectivity index (χ0) is 14.5. The molecular weight excluding hydrogens is 336 g/mol. The Morgan fingerprint density at radius 1 is 1.47 bits per heavy atom. The SMILES string of the molecule is CCOC(=O)CCNS(=O)(=O)c1ccc(N)cc1Br. The van der Waals surface area contributed by atoms with Crippen LogP contribution in [-0.2, 0) is 19.6 Å². The van der Waals surface area contributed by atoms with E-state index >= 15 is 0 Å². The lowest BCUT2D eigenvalue weighted by Gasteiger charge is -2.08. The Morgan fingerprint density at radius 2 is 2.16 bits per heavy atom. The highest BCUT2D eigenvalue weighted by atomic mass is 79.9. The molecule has 0 amide bonds. The minimum Gasteiger partial charge on any atom is -0.466 e. The number of hydrogen-bond donors (Lipinski definition) is 2. The van der Waals surface area contributed by atoms with Gasteiger partial charge in [-0.05, 0) is 41.1 Å². The molecule has 1 aromatic carbocycles. The Bertz CT molecular complexity index is 560. The van der Waals surface area contributed by atoms with Gasteiger partial charge in [0.2, 0.25) is 10.0 Å². The van der Waals surface area contributed by atoms with Crippen molar-refractivity contribution in [1.82, 2.24) is 4.72 Å². The van der Waals surface area contributed by atoms with Crippen LogP contribution < -0.4 is 10.5 Å². The third-order valence-corrected chi connectivity index (χ3v) is 4.61. The summed E-state index contributed by atoms with van der Waals surface area (Å²) < 4.78 is 31.3. The van der Waals surface area contributed by atoms with Gasteiger partial charge < -0.3 is 10.5 Å². The van der Waals surface area contributed by atoms with Crippen LogP contribution in [0.5, 0.6) is 0 Å². The molecule has 106 valence electrons. The van der Waals surface area contributed by atoms with Crippen molar-refractivity contribution in [3.05, 3.63) is 22.7 Å². The van der Waals surface area contributed by atoms with Crippen molar-refractivity contribution >= 4 is 37.6 Å². The molecule has 0 aromatic heterocycles. The largest absolute Gasteiger partial charge is 0.466 e. The van der Waals surface area contributed by atoms with E-state index < -0.39 is 16.0 Å². The van der Waals surface area contributed by atoms with Crippen LogP contribution in [0.4, 0.5) is 5.69 Å². The number of ether oxygens (including phenoxy) is 1. The first kappa shape index (κ1) is 15.9. The molecule has 1 aromatic rings. The number of nitrogens with one attached hydrogen (secondary N) is 1. The highest BCUT2D eigenvalue weighted by Crippen LogP contribution is 2.23. The summed E-state index contributed by atoms with van der Waals surface area (Å²) in [7, 11) is -3.68. The van der Waals surface area contributed by atoms with Crippen molar-refractivity contribution in [2.75, 3.05) is 18.9 Å². The maximum Gasteiger partial charge on any atom is 0.307 e. The molecule has 3 N–H and O–H groups in total. The molecule has 1 rings (SSSR count). The highest BCUT2D eigenvalue weighted by molar-refractivity contribution is 9.10. The number of carbonyl (C=O) groups excluding carboxylic acids is 1. The quantitative estimate of drug-likeness (QED) is 0.594. The standard InChI is InChI=1S/C11H15BrN2O4S/c1-2-18-11(15)5-6-14-19(16,17)10-4-3-8(13)7-9(10)12/h3-4,7,14H,2,5-6,13H2,1H3. The molecule has 0 aliphatic rings.